The van der Waals surface area contributed by atoms with E-state index in [9.17, 15) is 15.3 Å². The van der Waals surface area contributed by atoms with E-state index < -0.39 is 36.8 Å². The normalized spacial score (nSPS) is 29.8. The predicted molar refractivity (Wildman–Crippen MR) is 114 cm³/mol. The van der Waals surface area contributed by atoms with Gasteiger partial charge in [0.1, 0.15) is 36.1 Å². The van der Waals surface area contributed by atoms with Crippen molar-refractivity contribution in [3.8, 4) is 5.75 Å². The largest absolute Gasteiger partial charge is 0.496 e. The van der Waals surface area contributed by atoms with Crippen molar-refractivity contribution < 1.29 is 24.8 Å². The zero-order valence-corrected chi connectivity index (χ0v) is 17.5. The minimum Gasteiger partial charge on any atom is -0.496 e. The number of benzene rings is 1. The molecule has 170 valence electrons. The Morgan fingerprint density at radius 3 is 2.88 bits per heavy atom. The van der Waals surface area contributed by atoms with E-state index in [1.165, 1.54) is 17.2 Å². The van der Waals surface area contributed by atoms with Crippen LogP contribution in [0.1, 0.15) is 30.2 Å². The third-order valence-electron chi connectivity index (χ3n) is 6.32. The molecule has 3 aromatic rings. The molecular weight excluding hydrogens is 416 g/mol. The van der Waals surface area contributed by atoms with Gasteiger partial charge in [0.2, 0.25) is 0 Å². The minimum absolute atomic E-state index is 0.405. The first-order chi connectivity index (χ1) is 15.5. The number of rotatable bonds is 5. The van der Waals surface area contributed by atoms with Crippen LogP contribution in [0.15, 0.2) is 30.9 Å². The van der Waals surface area contributed by atoms with Crippen LogP contribution >= 0.6 is 0 Å². The number of aromatic nitrogens is 4. The lowest BCUT2D eigenvalue weighted by Gasteiger charge is -2.37. The number of anilines is 1. The van der Waals surface area contributed by atoms with Gasteiger partial charge in [-0.15, -0.1) is 0 Å². The van der Waals surface area contributed by atoms with E-state index >= 15 is 0 Å². The molecule has 0 bridgehead atoms. The molecule has 0 unspecified atom stereocenters. The number of fused-ring (bicyclic) bond motifs is 2. The van der Waals surface area contributed by atoms with Crippen molar-refractivity contribution in [3.05, 3.63) is 42.0 Å². The summed E-state index contributed by atoms with van der Waals surface area (Å²) in [6.45, 7) is -0.415. The Morgan fingerprint density at radius 1 is 1.28 bits per heavy atom. The van der Waals surface area contributed by atoms with Gasteiger partial charge < -0.3 is 35.8 Å². The minimum atomic E-state index is -1.24. The Balaban J connectivity index is 1.51. The molecule has 32 heavy (non-hydrogen) atoms. The number of aliphatic hydroxyl groups is 3. The van der Waals surface area contributed by atoms with Gasteiger partial charge in [0.05, 0.1) is 20.0 Å². The van der Waals surface area contributed by atoms with Crippen LogP contribution in [-0.2, 0) is 16.8 Å². The maximum atomic E-state index is 10.4. The van der Waals surface area contributed by atoms with Crippen LogP contribution < -0.4 is 15.8 Å². The third-order valence-corrected chi connectivity index (χ3v) is 6.32. The highest BCUT2D eigenvalue weighted by atomic mass is 16.6. The second-order valence-electron chi connectivity index (χ2n) is 8.21. The molecule has 1 fully saturated rings. The van der Waals surface area contributed by atoms with E-state index in [1.807, 2.05) is 18.2 Å². The number of hydrogen-bond donors (Lipinski definition) is 5. The predicted octanol–water partition coefficient (Wildman–Crippen LogP) is 0.00630. The fourth-order valence-electron chi connectivity index (χ4n) is 4.69. The lowest BCUT2D eigenvalue weighted by Crippen LogP contribution is -2.47. The van der Waals surface area contributed by atoms with Crippen LogP contribution in [0, 0.1) is 0 Å². The Kier molecular flexibility index (Phi) is 5.22. The topological polar surface area (TPSA) is 161 Å². The molecule has 1 aliphatic carbocycles. The molecule has 1 saturated heterocycles. The summed E-state index contributed by atoms with van der Waals surface area (Å²) < 4.78 is 12.7. The molecule has 2 aliphatic rings. The van der Waals surface area contributed by atoms with Gasteiger partial charge in [-0.3, -0.25) is 4.57 Å². The van der Waals surface area contributed by atoms with Crippen LogP contribution in [0.2, 0.25) is 0 Å². The highest BCUT2D eigenvalue weighted by Gasteiger charge is 2.44. The van der Waals surface area contributed by atoms with Crippen LogP contribution in [0.5, 0.6) is 5.75 Å². The molecule has 5 atom stereocenters. The Morgan fingerprint density at radius 2 is 2.12 bits per heavy atom. The van der Waals surface area contributed by atoms with Crippen LogP contribution in [0.4, 0.5) is 5.82 Å². The third kappa shape index (κ3) is 3.21. The van der Waals surface area contributed by atoms with Crippen molar-refractivity contribution in [2.45, 2.75) is 49.5 Å². The van der Waals surface area contributed by atoms with E-state index in [-0.39, 0.29) is 0 Å². The number of aliphatic hydroxyl groups excluding tert-OH is 3. The van der Waals surface area contributed by atoms with Gasteiger partial charge in [0.15, 0.2) is 23.2 Å². The van der Waals surface area contributed by atoms with Gasteiger partial charge in [-0.25, -0.2) is 15.0 Å². The molecule has 0 radical (unpaired) electrons. The van der Waals surface area contributed by atoms with Gasteiger partial charge in [-0.05, 0) is 30.9 Å². The van der Waals surface area contributed by atoms with Crippen molar-refractivity contribution in [3.63, 3.8) is 0 Å². The summed E-state index contributed by atoms with van der Waals surface area (Å²) in [4.78, 5) is 13.1. The molecule has 1 aliphatic heterocycles. The second-order valence-corrected chi connectivity index (χ2v) is 8.21. The number of nitrogens with one attached hydrogen (secondary N) is 1. The van der Waals surface area contributed by atoms with Crippen LogP contribution in [-0.4, -0.2) is 66.9 Å². The first-order valence-electron chi connectivity index (χ1n) is 10.5. The fraction of sp³-hybridized carbons (Fsp3) is 0.476. The molecule has 0 amide bonds. The molecule has 3 heterocycles. The van der Waals surface area contributed by atoms with Gasteiger partial charge in [0.25, 0.3) is 0 Å². The molecule has 1 aromatic carbocycles. The lowest BCUT2D eigenvalue weighted by atomic mass is 9.82. The molecule has 6 N–H and O–H groups in total. The summed E-state index contributed by atoms with van der Waals surface area (Å²) in [5.41, 5.74) is 8.82. The van der Waals surface area contributed by atoms with Crippen molar-refractivity contribution in [2.24, 2.45) is 5.73 Å². The molecule has 0 saturated carbocycles. The monoisotopic (exact) mass is 442 g/mol. The van der Waals surface area contributed by atoms with E-state index in [2.05, 4.69) is 20.3 Å². The number of hydrogen-bond acceptors (Lipinski definition) is 10. The van der Waals surface area contributed by atoms with Gasteiger partial charge in [-0.1, -0.05) is 12.1 Å². The Bertz CT molecular complexity index is 1140. The zero-order valence-electron chi connectivity index (χ0n) is 17.5. The van der Waals surface area contributed by atoms with Crippen LogP contribution in [0.25, 0.3) is 11.2 Å². The first kappa shape index (κ1) is 21.0. The van der Waals surface area contributed by atoms with Crippen LogP contribution in [0.3, 0.4) is 0 Å². The molecule has 5 rings (SSSR count). The summed E-state index contributed by atoms with van der Waals surface area (Å²) in [6, 6.07) is 5.83. The summed E-state index contributed by atoms with van der Waals surface area (Å²) in [6.07, 6.45) is 0.982. The SMILES string of the molecule is COc1cccc2c1CCC[C@]2(N)Nc1ncnc2c1ncn2[C@@H]1O[C@H](CO)[C@@H](O)[C@H]1O. The maximum Gasteiger partial charge on any atom is 0.167 e. The highest BCUT2D eigenvalue weighted by Crippen LogP contribution is 2.39. The summed E-state index contributed by atoms with van der Waals surface area (Å²) in [7, 11) is 1.65. The Hall–Kier alpha value is -2.83. The number of ether oxygens (including phenoxy) is 2. The Labute approximate surface area is 183 Å². The first-order valence-corrected chi connectivity index (χ1v) is 10.5. The molecule has 2 aromatic heterocycles. The molecule has 11 nitrogen and oxygen atoms in total. The maximum absolute atomic E-state index is 10.4. The number of nitrogens with zero attached hydrogens (tertiary/aromatic N) is 4. The number of imidazole rings is 1. The zero-order chi connectivity index (χ0) is 22.5. The van der Waals surface area contributed by atoms with Gasteiger partial charge in [0, 0.05) is 5.56 Å². The molecular formula is C21H26N6O5. The summed E-state index contributed by atoms with van der Waals surface area (Å²) in [5.74, 6) is 1.25. The average Bonchev–Trinajstić information content (AvgIpc) is 3.35. The quantitative estimate of drug-likeness (QED) is 0.340. The highest BCUT2D eigenvalue weighted by molar-refractivity contribution is 5.83. The lowest BCUT2D eigenvalue weighted by molar-refractivity contribution is -0.0511. The number of methoxy groups -OCH3 is 1. The molecule has 11 heteroatoms. The van der Waals surface area contributed by atoms with Crippen molar-refractivity contribution >= 4 is 17.0 Å². The summed E-state index contributed by atoms with van der Waals surface area (Å²) >= 11 is 0. The van der Waals surface area contributed by atoms with E-state index in [1.54, 1.807) is 7.11 Å². The van der Waals surface area contributed by atoms with Crippen molar-refractivity contribution in [1.29, 1.82) is 0 Å². The average molecular weight is 442 g/mol. The van der Waals surface area contributed by atoms with Crippen molar-refractivity contribution in [1.82, 2.24) is 19.5 Å². The number of nitrogens with two attached hydrogens (primary N) is 1. The van der Waals surface area contributed by atoms with E-state index in [4.69, 9.17) is 15.2 Å². The van der Waals surface area contributed by atoms with Gasteiger partial charge >= 0.3 is 0 Å². The van der Waals surface area contributed by atoms with Crippen molar-refractivity contribution in [2.75, 3.05) is 19.0 Å². The van der Waals surface area contributed by atoms with E-state index in [0.717, 1.165) is 29.7 Å². The smallest absolute Gasteiger partial charge is 0.167 e. The van der Waals surface area contributed by atoms with E-state index in [0.29, 0.717) is 23.4 Å². The molecule has 0 spiro atoms. The fourth-order valence-corrected chi connectivity index (χ4v) is 4.69. The summed E-state index contributed by atoms with van der Waals surface area (Å²) in [5, 5.41) is 33.2. The second kappa shape index (κ2) is 7.94. The van der Waals surface area contributed by atoms with Gasteiger partial charge in [-0.2, -0.15) is 0 Å². The standard InChI is InChI=1S/C21H26N6O5/c1-31-13-6-2-5-12-11(13)4-3-7-21(12,22)26-18-15-19(24-9-23-18)27(10-25-15)20-17(30)16(29)14(8-28)32-20/h2,5-6,9-10,14,16-17,20,28-30H,3-4,7-8,22H2,1H3,(H,23,24,26)/t14-,16-,17-,20-,21+/m1/s1.